The predicted octanol–water partition coefficient (Wildman–Crippen LogP) is 5.90. The lowest BCUT2D eigenvalue weighted by Gasteiger charge is -2.40. The molecule has 0 aliphatic carbocycles. The average molecular weight is 589 g/mol. The highest BCUT2D eigenvalue weighted by Gasteiger charge is 2.32. The van der Waals surface area contributed by atoms with Gasteiger partial charge in [-0.3, -0.25) is 4.98 Å². The van der Waals surface area contributed by atoms with Gasteiger partial charge in [0, 0.05) is 54.8 Å². The summed E-state index contributed by atoms with van der Waals surface area (Å²) in [5, 5.41) is 6.05. The van der Waals surface area contributed by atoms with Crippen molar-refractivity contribution in [2.24, 2.45) is 0 Å². The molecule has 2 aromatic carbocycles. The van der Waals surface area contributed by atoms with Crippen LogP contribution >= 0.6 is 11.6 Å². The summed E-state index contributed by atoms with van der Waals surface area (Å²) in [7, 11) is 1.35. The molecule has 0 radical (unpaired) electrons. The van der Waals surface area contributed by atoms with E-state index in [1.165, 1.54) is 19.2 Å². The SMILES string of the molecule is COC(=O)c1ccc2c(c1)nc(N1CC(OCCCCNCc3ccc(OC(F)(F)F)c(Cl)c3)C1)c1ccncc12. The number of fused-ring (bicyclic) bond motifs is 3. The van der Waals surface area contributed by atoms with Crippen molar-refractivity contribution < 1.29 is 32.2 Å². The van der Waals surface area contributed by atoms with Crippen LogP contribution < -0.4 is 15.0 Å². The minimum absolute atomic E-state index is 0.0842. The third-order valence-corrected chi connectivity index (χ3v) is 7.09. The number of nitrogens with zero attached hydrogens (tertiary/aromatic N) is 3. The van der Waals surface area contributed by atoms with Crippen molar-refractivity contribution in [2.75, 3.05) is 38.3 Å². The average Bonchev–Trinajstić information content (AvgIpc) is 2.93. The minimum Gasteiger partial charge on any atom is -0.465 e. The van der Waals surface area contributed by atoms with Crippen molar-refractivity contribution in [2.45, 2.75) is 31.9 Å². The first-order valence-electron chi connectivity index (χ1n) is 13.1. The molecule has 1 aliphatic rings. The maximum absolute atomic E-state index is 12.4. The molecule has 0 unspecified atom stereocenters. The van der Waals surface area contributed by atoms with E-state index in [0.29, 0.717) is 37.3 Å². The molecule has 8 nitrogen and oxygen atoms in total. The van der Waals surface area contributed by atoms with Crippen LogP contribution in [0.25, 0.3) is 21.7 Å². The van der Waals surface area contributed by atoms with Crippen LogP contribution in [0, 0.1) is 0 Å². The number of alkyl halides is 3. The first kappa shape index (κ1) is 28.8. The topological polar surface area (TPSA) is 85.8 Å². The summed E-state index contributed by atoms with van der Waals surface area (Å²) in [4.78, 5) is 23.4. The van der Waals surface area contributed by atoms with Gasteiger partial charge in [-0.15, -0.1) is 13.2 Å². The number of hydrogen-bond donors (Lipinski definition) is 1. The summed E-state index contributed by atoms with van der Waals surface area (Å²) >= 11 is 5.90. The third-order valence-electron chi connectivity index (χ3n) is 6.80. The molecule has 216 valence electrons. The molecule has 1 aliphatic heterocycles. The first-order chi connectivity index (χ1) is 19.7. The van der Waals surface area contributed by atoms with Crippen LogP contribution in [0.5, 0.6) is 5.75 Å². The highest BCUT2D eigenvalue weighted by Crippen LogP contribution is 2.34. The summed E-state index contributed by atoms with van der Waals surface area (Å²) < 4.78 is 51.9. The fourth-order valence-electron chi connectivity index (χ4n) is 4.73. The van der Waals surface area contributed by atoms with Gasteiger partial charge in [-0.05, 0) is 55.3 Å². The highest BCUT2D eigenvalue weighted by molar-refractivity contribution is 6.32. The Hall–Kier alpha value is -3.67. The van der Waals surface area contributed by atoms with E-state index in [1.54, 1.807) is 24.4 Å². The highest BCUT2D eigenvalue weighted by atomic mass is 35.5. The van der Waals surface area contributed by atoms with E-state index in [2.05, 4.69) is 19.9 Å². The van der Waals surface area contributed by atoms with Crippen LogP contribution in [0.1, 0.15) is 28.8 Å². The largest absolute Gasteiger partial charge is 0.573 e. The molecule has 3 heterocycles. The fraction of sp³-hybridized carbons (Fsp3) is 0.345. The molecule has 2 aromatic heterocycles. The lowest BCUT2D eigenvalue weighted by molar-refractivity contribution is -0.274. The summed E-state index contributed by atoms with van der Waals surface area (Å²) in [6.07, 6.45) is 0.621. The number of rotatable bonds is 11. The zero-order chi connectivity index (χ0) is 29.0. The molecule has 5 rings (SSSR count). The zero-order valence-corrected chi connectivity index (χ0v) is 23.0. The van der Waals surface area contributed by atoms with E-state index in [9.17, 15) is 18.0 Å². The normalized spacial score (nSPS) is 13.9. The van der Waals surface area contributed by atoms with E-state index < -0.39 is 18.1 Å². The van der Waals surface area contributed by atoms with E-state index in [-0.39, 0.29) is 11.1 Å². The molecule has 0 spiro atoms. The Morgan fingerprint density at radius 3 is 2.68 bits per heavy atom. The number of esters is 1. The maximum Gasteiger partial charge on any atom is 0.573 e. The summed E-state index contributed by atoms with van der Waals surface area (Å²) in [6, 6.07) is 11.5. The lowest BCUT2D eigenvalue weighted by Crippen LogP contribution is -2.52. The quantitative estimate of drug-likeness (QED) is 0.132. The Balaban J connectivity index is 1.07. The molecule has 1 fully saturated rings. The maximum atomic E-state index is 12.4. The number of benzene rings is 2. The Kier molecular flexibility index (Phi) is 8.77. The van der Waals surface area contributed by atoms with Gasteiger partial charge < -0.3 is 24.4 Å². The van der Waals surface area contributed by atoms with E-state index >= 15 is 0 Å². The minimum atomic E-state index is -4.78. The standard InChI is InChI=1S/C29H28ClF3N4O4/c1-39-28(38)19-5-6-21-23-15-35-10-8-22(23)27(36-25(21)13-19)37-16-20(17-37)40-11-3-2-9-34-14-18-4-7-26(24(30)12-18)41-29(31,32)33/h4-8,10,12-13,15,20,34H,2-3,9,11,14,16-17H2,1H3. The van der Waals surface area contributed by atoms with Crippen LogP contribution in [0.3, 0.4) is 0 Å². The Morgan fingerprint density at radius 2 is 1.93 bits per heavy atom. The third kappa shape index (κ3) is 6.98. The van der Waals surface area contributed by atoms with Crippen molar-refractivity contribution in [3.05, 3.63) is 71.0 Å². The number of nitrogens with one attached hydrogen (secondary N) is 1. The molecule has 0 amide bonds. The van der Waals surface area contributed by atoms with Crippen LogP contribution in [-0.4, -0.2) is 61.8 Å². The number of carbonyl (C=O) groups is 1. The number of ether oxygens (including phenoxy) is 3. The number of halogens is 4. The molecular formula is C29H28ClF3N4O4. The predicted molar refractivity (Wildman–Crippen MR) is 149 cm³/mol. The van der Waals surface area contributed by atoms with E-state index in [0.717, 1.165) is 46.9 Å². The molecule has 0 bridgehead atoms. The molecule has 0 saturated carbocycles. The van der Waals surface area contributed by atoms with Gasteiger partial charge in [-0.1, -0.05) is 23.7 Å². The number of anilines is 1. The molecule has 0 atom stereocenters. The second kappa shape index (κ2) is 12.5. The van der Waals surface area contributed by atoms with Gasteiger partial charge in [0.2, 0.25) is 0 Å². The summed E-state index contributed by atoms with van der Waals surface area (Å²) in [6.45, 7) is 3.24. The Bertz CT molecular complexity index is 1550. The van der Waals surface area contributed by atoms with Crippen LogP contribution in [0.2, 0.25) is 5.02 Å². The number of pyridine rings is 2. The number of unbranched alkanes of at least 4 members (excludes halogenated alkanes) is 1. The van der Waals surface area contributed by atoms with Crippen LogP contribution in [-0.2, 0) is 16.0 Å². The van der Waals surface area contributed by atoms with Gasteiger partial charge in [-0.25, -0.2) is 9.78 Å². The second-order valence-corrected chi connectivity index (χ2v) is 10.1. The van der Waals surface area contributed by atoms with E-state index in [1.807, 2.05) is 18.3 Å². The van der Waals surface area contributed by atoms with Crippen molar-refractivity contribution in [1.82, 2.24) is 15.3 Å². The van der Waals surface area contributed by atoms with Gasteiger partial charge in [0.15, 0.2) is 0 Å². The summed E-state index contributed by atoms with van der Waals surface area (Å²) in [5.74, 6) is 0.00940. The van der Waals surface area contributed by atoms with Crippen LogP contribution in [0.15, 0.2) is 54.9 Å². The Morgan fingerprint density at radius 1 is 1.10 bits per heavy atom. The second-order valence-electron chi connectivity index (χ2n) is 9.67. The summed E-state index contributed by atoms with van der Waals surface area (Å²) in [5.41, 5.74) is 1.91. The van der Waals surface area contributed by atoms with Gasteiger partial charge >= 0.3 is 12.3 Å². The molecule has 1 saturated heterocycles. The lowest BCUT2D eigenvalue weighted by atomic mass is 10.0. The van der Waals surface area contributed by atoms with Gasteiger partial charge in [0.1, 0.15) is 11.6 Å². The molecule has 1 N–H and O–H groups in total. The van der Waals surface area contributed by atoms with Crippen molar-refractivity contribution >= 4 is 45.1 Å². The van der Waals surface area contributed by atoms with E-state index in [4.69, 9.17) is 26.1 Å². The number of hydrogen-bond acceptors (Lipinski definition) is 8. The number of carbonyl (C=O) groups excluding carboxylic acids is 1. The van der Waals surface area contributed by atoms with Gasteiger partial charge in [0.25, 0.3) is 0 Å². The Labute approximate surface area is 239 Å². The zero-order valence-electron chi connectivity index (χ0n) is 22.2. The first-order valence-corrected chi connectivity index (χ1v) is 13.5. The number of aromatic nitrogens is 2. The monoisotopic (exact) mass is 588 g/mol. The number of methoxy groups -OCH3 is 1. The molecular weight excluding hydrogens is 561 g/mol. The van der Waals surface area contributed by atoms with Crippen LogP contribution in [0.4, 0.5) is 19.0 Å². The van der Waals surface area contributed by atoms with Gasteiger partial charge in [-0.2, -0.15) is 0 Å². The van der Waals surface area contributed by atoms with Crippen molar-refractivity contribution in [3.8, 4) is 5.75 Å². The molecule has 12 heteroatoms. The fourth-order valence-corrected chi connectivity index (χ4v) is 4.97. The van der Waals surface area contributed by atoms with Gasteiger partial charge in [0.05, 0.1) is 29.3 Å². The molecule has 4 aromatic rings. The molecule has 41 heavy (non-hydrogen) atoms. The smallest absolute Gasteiger partial charge is 0.465 e. The van der Waals surface area contributed by atoms with Crippen molar-refractivity contribution in [1.29, 1.82) is 0 Å². The van der Waals surface area contributed by atoms with Crippen molar-refractivity contribution in [3.63, 3.8) is 0 Å².